The molecule has 0 aromatic heterocycles. The second kappa shape index (κ2) is 4.80. The number of rotatable bonds is 2. The van der Waals surface area contributed by atoms with E-state index in [4.69, 9.17) is 11.6 Å². The summed E-state index contributed by atoms with van der Waals surface area (Å²) in [5.41, 5.74) is -0.0740. The van der Waals surface area contributed by atoms with Gasteiger partial charge in [0.2, 0.25) is 9.84 Å². The van der Waals surface area contributed by atoms with Gasteiger partial charge < -0.3 is 0 Å². The minimum atomic E-state index is -4.01. The van der Waals surface area contributed by atoms with Gasteiger partial charge in [-0.2, -0.15) is 0 Å². The van der Waals surface area contributed by atoms with Crippen molar-refractivity contribution in [3.05, 3.63) is 53.1 Å². The minimum absolute atomic E-state index is 0.0217. The standard InChI is InChI=1S/C13H8ClNO5S2/c14-8-1-3-9(4-2-8)21(17,18)10-5-6-11-12(7-10)22(19,20)15-13(11)16/h1-7H,(H,15,16). The highest BCUT2D eigenvalue weighted by molar-refractivity contribution is 7.92. The van der Waals surface area contributed by atoms with Crippen LogP contribution in [0.4, 0.5) is 0 Å². The topological polar surface area (TPSA) is 97.4 Å². The number of nitrogens with one attached hydrogen (secondary N) is 1. The highest BCUT2D eigenvalue weighted by Crippen LogP contribution is 2.29. The lowest BCUT2D eigenvalue weighted by atomic mass is 10.2. The minimum Gasteiger partial charge on any atom is -0.268 e. The first kappa shape index (κ1) is 15.0. The van der Waals surface area contributed by atoms with Gasteiger partial charge in [-0.25, -0.2) is 21.6 Å². The quantitative estimate of drug-likeness (QED) is 0.880. The van der Waals surface area contributed by atoms with Gasteiger partial charge in [0, 0.05) is 5.02 Å². The molecule has 1 heterocycles. The van der Waals surface area contributed by atoms with Gasteiger partial charge in [0.15, 0.2) is 0 Å². The highest BCUT2D eigenvalue weighted by atomic mass is 35.5. The van der Waals surface area contributed by atoms with E-state index in [2.05, 4.69) is 0 Å². The Bertz CT molecular complexity index is 995. The van der Waals surface area contributed by atoms with Gasteiger partial charge in [0.25, 0.3) is 15.9 Å². The van der Waals surface area contributed by atoms with E-state index >= 15 is 0 Å². The third-order valence-electron chi connectivity index (χ3n) is 3.15. The number of carbonyl (C=O) groups excluding carboxylic acids is 1. The zero-order valence-electron chi connectivity index (χ0n) is 10.8. The molecule has 114 valence electrons. The fraction of sp³-hybridized carbons (Fsp3) is 0. The van der Waals surface area contributed by atoms with Gasteiger partial charge in [-0.15, -0.1) is 0 Å². The fourth-order valence-electron chi connectivity index (χ4n) is 2.06. The summed E-state index contributed by atoms with van der Waals surface area (Å²) in [5, 5.41) is 0.380. The smallest absolute Gasteiger partial charge is 0.266 e. The Hall–Kier alpha value is -1.90. The fourth-order valence-corrected chi connectivity index (χ4v) is 4.75. The molecule has 9 heteroatoms. The molecule has 1 amide bonds. The second-order valence-corrected chi connectivity index (χ2v) is 8.59. The number of sulfone groups is 1. The van der Waals surface area contributed by atoms with Gasteiger partial charge in [-0.3, -0.25) is 4.79 Å². The van der Waals surface area contributed by atoms with Crippen molar-refractivity contribution in [1.82, 2.24) is 4.72 Å². The first-order chi connectivity index (χ1) is 10.2. The van der Waals surface area contributed by atoms with Crippen molar-refractivity contribution >= 4 is 37.4 Å². The highest BCUT2D eigenvalue weighted by Gasteiger charge is 2.34. The maximum atomic E-state index is 12.5. The van der Waals surface area contributed by atoms with Gasteiger partial charge >= 0.3 is 0 Å². The number of sulfonamides is 1. The molecular formula is C13H8ClNO5S2. The maximum Gasteiger partial charge on any atom is 0.266 e. The zero-order valence-corrected chi connectivity index (χ0v) is 13.2. The monoisotopic (exact) mass is 357 g/mol. The average Bonchev–Trinajstić information content (AvgIpc) is 2.69. The van der Waals surface area contributed by atoms with E-state index in [1.54, 1.807) is 4.72 Å². The van der Waals surface area contributed by atoms with Crippen LogP contribution in [0, 0.1) is 0 Å². The molecule has 2 aromatic rings. The van der Waals surface area contributed by atoms with E-state index in [-0.39, 0.29) is 20.2 Å². The molecule has 1 aliphatic rings. The zero-order chi connectivity index (χ0) is 16.1. The predicted molar refractivity (Wildman–Crippen MR) is 78.0 cm³/mol. The largest absolute Gasteiger partial charge is 0.268 e. The van der Waals surface area contributed by atoms with E-state index in [1.165, 1.54) is 36.4 Å². The van der Waals surface area contributed by atoms with Crippen LogP contribution in [0.5, 0.6) is 0 Å². The number of amides is 1. The van der Waals surface area contributed by atoms with E-state index < -0.39 is 25.8 Å². The molecule has 6 nitrogen and oxygen atoms in total. The van der Waals surface area contributed by atoms with Crippen LogP contribution < -0.4 is 4.72 Å². The summed E-state index contributed by atoms with van der Waals surface area (Å²) in [4.78, 5) is 10.9. The lowest BCUT2D eigenvalue weighted by Crippen LogP contribution is -2.20. The third kappa shape index (κ3) is 2.29. The molecule has 22 heavy (non-hydrogen) atoms. The number of fused-ring (bicyclic) bond motifs is 1. The van der Waals surface area contributed by atoms with Crippen LogP contribution in [0.15, 0.2) is 57.2 Å². The Morgan fingerprint density at radius 3 is 2.18 bits per heavy atom. The van der Waals surface area contributed by atoms with Crippen molar-refractivity contribution in [3.8, 4) is 0 Å². The molecule has 0 fully saturated rings. The molecule has 0 spiro atoms. The Balaban J connectivity index is 2.18. The number of benzene rings is 2. The number of hydrogen-bond donors (Lipinski definition) is 1. The molecule has 0 aliphatic carbocycles. The molecule has 0 unspecified atom stereocenters. The van der Waals surface area contributed by atoms with Gasteiger partial charge in [-0.1, -0.05) is 11.6 Å². The molecule has 0 bridgehead atoms. The summed E-state index contributed by atoms with van der Waals surface area (Å²) in [6, 6.07) is 8.84. The van der Waals surface area contributed by atoms with Crippen molar-refractivity contribution in [2.75, 3.05) is 0 Å². The van der Waals surface area contributed by atoms with Crippen LogP contribution >= 0.6 is 11.6 Å². The van der Waals surface area contributed by atoms with Crippen LogP contribution in [0.25, 0.3) is 0 Å². The van der Waals surface area contributed by atoms with Crippen LogP contribution in [0.2, 0.25) is 5.02 Å². The maximum absolute atomic E-state index is 12.5. The molecule has 0 atom stereocenters. The molecule has 0 saturated carbocycles. The second-order valence-electron chi connectivity index (χ2n) is 4.55. The SMILES string of the molecule is O=C1NS(=O)(=O)c2cc(S(=O)(=O)c3ccc(Cl)cc3)ccc21. The van der Waals surface area contributed by atoms with Gasteiger partial charge in [-0.05, 0) is 42.5 Å². The summed E-state index contributed by atoms with van der Waals surface area (Å²) >= 11 is 5.72. The van der Waals surface area contributed by atoms with Gasteiger partial charge in [0.1, 0.15) is 4.90 Å². The van der Waals surface area contributed by atoms with Gasteiger partial charge in [0.05, 0.1) is 15.4 Å². The molecular weight excluding hydrogens is 350 g/mol. The molecule has 3 rings (SSSR count). The van der Waals surface area contributed by atoms with E-state index in [0.29, 0.717) is 5.02 Å². The van der Waals surface area contributed by atoms with Crippen LogP contribution in [0.1, 0.15) is 10.4 Å². The first-order valence-electron chi connectivity index (χ1n) is 5.94. The summed E-state index contributed by atoms with van der Waals surface area (Å²) in [6.45, 7) is 0. The number of hydrogen-bond acceptors (Lipinski definition) is 5. The molecule has 1 N–H and O–H groups in total. The Morgan fingerprint density at radius 1 is 0.955 bits per heavy atom. The van der Waals surface area contributed by atoms with E-state index in [0.717, 1.165) is 6.07 Å². The number of halogens is 1. The van der Waals surface area contributed by atoms with Crippen molar-refractivity contribution in [3.63, 3.8) is 0 Å². The Morgan fingerprint density at radius 2 is 1.55 bits per heavy atom. The predicted octanol–water partition coefficient (Wildman–Crippen LogP) is 1.60. The van der Waals surface area contributed by atoms with Crippen LogP contribution in [0.3, 0.4) is 0 Å². The third-order valence-corrected chi connectivity index (χ3v) is 6.54. The lowest BCUT2D eigenvalue weighted by molar-refractivity contribution is 0.0985. The summed E-state index contributed by atoms with van der Waals surface area (Å²) in [6.07, 6.45) is 0. The van der Waals surface area contributed by atoms with Crippen molar-refractivity contribution in [1.29, 1.82) is 0 Å². The normalized spacial score (nSPS) is 16.1. The average molecular weight is 358 g/mol. The van der Waals surface area contributed by atoms with Crippen molar-refractivity contribution < 1.29 is 21.6 Å². The van der Waals surface area contributed by atoms with E-state index in [1.807, 2.05) is 0 Å². The van der Waals surface area contributed by atoms with Crippen LogP contribution in [-0.2, 0) is 19.9 Å². The van der Waals surface area contributed by atoms with Crippen LogP contribution in [-0.4, -0.2) is 22.7 Å². The number of carbonyl (C=O) groups is 1. The Labute approximate surface area is 131 Å². The molecule has 1 aliphatic heterocycles. The summed E-state index contributed by atoms with van der Waals surface area (Å²) in [5.74, 6) is -0.773. The summed E-state index contributed by atoms with van der Waals surface area (Å²) < 4.78 is 50.4. The molecule has 0 radical (unpaired) electrons. The Kier molecular flexibility index (Phi) is 3.28. The van der Waals surface area contributed by atoms with Crippen molar-refractivity contribution in [2.24, 2.45) is 0 Å². The first-order valence-corrected chi connectivity index (χ1v) is 9.28. The van der Waals surface area contributed by atoms with E-state index in [9.17, 15) is 21.6 Å². The molecule has 0 saturated heterocycles. The lowest BCUT2D eigenvalue weighted by Gasteiger charge is -2.06. The summed E-state index contributed by atoms with van der Waals surface area (Å²) in [7, 11) is -7.92. The van der Waals surface area contributed by atoms with Crippen molar-refractivity contribution in [2.45, 2.75) is 14.7 Å². The molecule has 2 aromatic carbocycles.